The molecule has 0 bridgehead atoms. The molecule has 33 nitrogen and oxygen atoms in total. The lowest BCUT2D eigenvalue weighted by Crippen LogP contribution is -2.55. The first-order valence-electron chi connectivity index (χ1n) is 33.5. The number of ether oxygens (including phenoxy) is 7. The molecule has 0 aromatic rings. The molecule has 4 aliphatic rings. The molecule has 6 unspecified atom stereocenters. The van der Waals surface area contributed by atoms with E-state index >= 15 is 0 Å². The van der Waals surface area contributed by atoms with Gasteiger partial charge in [-0.25, -0.2) is 0 Å². The largest absolute Gasteiger partial charge is 0.394 e. The Labute approximate surface area is 555 Å². The van der Waals surface area contributed by atoms with Crippen molar-refractivity contribution in [2.45, 2.75) is 235 Å². The van der Waals surface area contributed by atoms with Crippen molar-refractivity contribution >= 4 is 47.3 Å². The molecule has 4 saturated heterocycles. The number of carbonyl (C=O) groups excluding carboxylic acids is 8. The van der Waals surface area contributed by atoms with Gasteiger partial charge in [0, 0.05) is 101 Å². The molecule has 4 heterocycles. The number of hydrogen-bond donors (Lipinski definition) is 17. The first-order valence-corrected chi connectivity index (χ1v) is 33.5. The molecule has 0 aromatic heterocycles. The van der Waals surface area contributed by atoms with Gasteiger partial charge in [0.25, 0.3) is 0 Å². The molecule has 0 aromatic carbocycles. The highest BCUT2D eigenvalue weighted by Gasteiger charge is 2.45. The van der Waals surface area contributed by atoms with E-state index < -0.39 is 147 Å². The monoisotopic (exact) mass is 1370 g/mol. The lowest BCUT2D eigenvalue weighted by Gasteiger charge is -2.40. The van der Waals surface area contributed by atoms with Crippen LogP contribution in [-0.4, -0.2) is 293 Å². The smallest absolute Gasteiger partial charge is 0.223 e. The van der Waals surface area contributed by atoms with E-state index in [1.54, 1.807) is 25.7 Å². The van der Waals surface area contributed by atoms with Crippen LogP contribution in [0, 0.1) is 17.8 Å². The molecule has 548 valence electrons. The van der Waals surface area contributed by atoms with Crippen molar-refractivity contribution in [2.75, 3.05) is 92.1 Å². The SMILES string of the molecule is CC(C)OC[C@@H]1C[C@@H](O)CN1C(=O)CCCC(=O)NC(CCC(=O)NCCCNC(=O)CCO[C@@H]1OC(CO)[C@H](O)[C@H](O)C1C)(CCC(=O)NCCCNC(=O)CCO[C@@H]1OC(CO)[C@H](O)[C@H](O)C1C)CCC(=O)NCCCNC(=O)CCO[C@@H]1OC(CO)[C@H](O)[C@H](O)C1C. The summed E-state index contributed by atoms with van der Waals surface area (Å²) < 4.78 is 39.3. The maximum absolute atomic E-state index is 14.1. The summed E-state index contributed by atoms with van der Waals surface area (Å²) in [6, 6.07) is -0.351. The van der Waals surface area contributed by atoms with Crippen LogP contribution in [0.25, 0.3) is 0 Å². The van der Waals surface area contributed by atoms with E-state index in [9.17, 15) is 89.4 Å². The van der Waals surface area contributed by atoms with Gasteiger partial charge in [0.2, 0.25) is 47.3 Å². The summed E-state index contributed by atoms with van der Waals surface area (Å²) in [7, 11) is 0. The number of carbonyl (C=O) groups is 8. The quantitative estimate of drug-likeness (QED) is 0.0254. The summed E-state index contributed by atoms with van der Waals surface area (Å²) in [4.78, 5) is 108. The number of nitrogens with zero attached hydrogens (tertiary/aromatic N) is 1. The molecule has 8 amide bonds. The van der Waals surface area contributed by atoms with Crippen LogP contribution in [0.5, 0.6) is 0 Å². The summed E-state index contributed by atoms with van der Waals surface area (Å²) in [5.41, 5.74) is -1.36. The van der Waals surface area contributed by atoms with Gasteiger partial charge in [-0.15, -0.1) is 0 Å². The number of aliphatic hydroxyl groups is 10. The second-order valence-corrected chi connectivity index (χ2v) is 25.4. The summed E-state index contributed by atoms with van der Waals surface area (Å²) in [5, 5.41) is 120. The molecule has 0 spiro atoms. The van der Waals surface area contributed by atoms with Crippen LogP contribution in [0.4, 0.5) is 0 Å². The normalized spacial score (nSPS) is 29.1. The highest BCUT2D eigenvalue weighted by Crippen LogP contribution is 2.31. The molecule has 17 N–H and O–H groups in total. The maximum Gasteiger partial charge on any atom is 0.223 e. The molecular weight excluding hydrogens is 1260 g/mol. The molecule has 95 heavy (non-hydrogen) atoms. The van der Waals surface area contributed by atoms with Crippen molar-refractivity contribution < 1.29 is 123 Å². The fraction of sp³-hybridized carbons (Fsp3) is 0.871. The number of hydrogen-bond acceptors (Lipinski definition) is 25. The van der Waals surface area contributed by atoms with Gasteiger partial charge < -0.3 is 126 Å². The van der Waals surface area contributed by atoms with Crippen molar-refractivity contribution in [1.82, 2.24) is 42.1 Å². The van der Waals surface area contributed by atoms with E-state index in [0.717, 1.165) is 0 Å². The molecule has 0 saturated carbocycles. The summed E-state index contributed by atoms with van der Waals surface area (Å²) in [6.07, 6.45) is -14.3. The Morgan fingerprint density at radius 3 is 1.09 bits per heavy atom. The van der Waals surface area contributed by atoms with Gasteiger partial charge in [-0.1, -0.05) is 20.8 Å². The van der Waals surface area contributed by atoms with Gasteiger partial charge in [-0.3, -0.25) is 38.4 Å². The predicted octanol–water partition coefficient (Wildman–Crippen LogP) is -4.95. The zero-order valence-corrected chi connectivity index (χ0v) is 55.6. The Morgan fingerprint density at radius 2 is 0.779 bits per heavy atom. The standard InChI is InChI=1S/C62H110N8O25/c1-36(2)92-35-40-30-41(74)31-70(40)52(82)11-6-10-51(81)69-62(18-12-45(75)63-21-7-24-66-48(78)15-27-89-59-37(3)53(83)56(86)42(32-71)93-59,19-13-46(76)64-22-8-25-67-49(79)16-28-90-60-38(4)54(84)57(87)43(33-72)94-60)20-14-47(77)65-23-9-26-68-50(80)17-29-91-61-39(5)55(85)58(88)44(34-73)95-61/h36-44,53-61,71-74,83-88H,6-35H2,1-5H3,(H,63,75)(H,64,76)(H,65,77)(H,66,78)(H,67,79)(H,68,80)(H,69,81)/t37?,38?,39?,40-,41+,42?,43?,44?,53+,54+,55+,56-,57-,58-,59+,60+,61+,62?/m0/s1. The molecule has 0 aliphatic carbocycles. The van der Waals surface area contributed by atoms with Crippen molar-refractivity contribution in [3.8, 4) is 0 Å². The van der Waals surface area contributed by atoms with Gasteiger partial charge in [-0.05, 0) is 65.2 Å². The van der Waals surface area contributed by atoms with Crippen molar-refractivity contribution in [3.05, 3.63) is 0 Å². The van der Waals surface area contributed by atoms with Crippen LogP contribution >= 0.6 is 0 Å². The van der Waals surface area contributed by atoms with E-state index in [2.05, 4.69) is 37.2 Å². The van der Waals surface area contributed by atoms with Crippen LogP contribution in [-0.2, 0) is 71.5 Å². The highest BCUT2D eigenvalue weighted by atomic mass is 16.7. The van der Waals surface area contributed by atoms with Crippen LogP contribution in [0.15, 0.2) is 0 Å². The van der Waals surface area contributed by atoms with E-state index in [0.29, 0.717) is 25.7 Å². The third kappa shape index (κ3) is 28.8. The van der Waals surface area contributed by atoms with Gasteiger partial charge in [0.05, 0.1) is 102 Å². The van der Waals surface area contributed by atoms with E-state index in [1.165, 1.54) is 0 Å². The van der Waals surface area contributed by atoms with Crippen LogP contribution in [0.1, 0.15) is 137 Å². The minimum atomic E-state index is -1.36. The van der Waals surface area contributed by atoms with Gasteiger partial charge in [0.15, 0.2) is 18.9 Å². The third-order valence-electron chi connectivity index (χ3n) is 17.4. The minimum Gasteiger partial charge on any atom is -0.394 e. The van der Waals surface area contributed by atoms with Crippen molar-refractivity contribution in [3.63, 3.8) is 0 Å². The Kier molecular flexibility index (Phi) is 37.8. The van der Waals surface area contributed by atoms with Crippen molar-refractivity contribution in [1.29, 1.82) is 0 Å². The number of β-amino-alcohol motifs (C(OH)–C–C–N with tert-alkyl or cyclic N) is 1. The number of aliphatic hydroxyl groups excluding tert-OH is 10. The average molecular weight is 1370 g/mol. The van der Waals surface area contributed by atoms with Crippen LogP contribution < -0.4 is 37.2 Å². The average Bonchev–Trinajstić information content (AvgIpc) is 1.64. The topological polar surface area (TPSA) is 491 Å². The minimum absolute atomic E-state index is 0.0406. The van der Waals surface area contributed by atoms with Gasteiger partial charge in [-0.2, -0.15) is 0 Å². The zero-order valence-electron chi connectivity index (χ0n) is 55.6. The van der Waals surface area contributed by atoms with E-state index in [4.69, 9.17) is 33.2 Å². The Bertz CT molecular complexity index is 2140. The first kappa shape index (κ1) is 82.5. The van der Waals surface area contributed by atoms with E-state index in [1.807, 2.05) is 13.8 Å². The first-order chi connectivity index (χ1) is 45.2. The number of rotatable bonds is 44. The summed E-state index contributed by atoms with van der Waals surface area (Å²) in [6.45, 7) is 7.82. The maximum atomic E-state index is 14.1. The molecule has 33 heteroatoms. The Balaban J connectivity index is 1.37. The summed E-state index contributed by atoms with van der Waals surface area (Å²) >= 11 is 0. The lowest BCUT2D eigenvalue weighted by molar-refractivity contribution is -0.282. The van der Waals surface area contributed by atoms with Gasteiger partial charge in [0.1, 0.15) is 36.6 Å². The van der Waals surface area contributed by atoms with Crippen LogP contribution in [0.2, 0.25) is 0 Å². The number of nitrogens with one attached hydrogen (secondary N) is 7. The molecule has 4 aliphatic heterocycles. The van der Waals surface area contributed by atoms with Crippen molar-refractivity contribution in [2.24, 2.45) is 17.8 Å². The molecular formula is C62H110N8O25. The molecule has 0 radical (unpaired) electrons. The number of amides is 8. The van der Waals surface area contributed by atoms with Crippen LogP contribution in [0.3, 0.4) is 0 Å². The number of likely N-dealkylation sites (tertiary alicyclic amines) is 1. The Hall–Kier alpha value is -4.92. The zero-order chi connectivity index (χ0) is 70.2. The fourth-order valence-corrected chi connectivity index (χ4v) is 11.4. The van der Waals surface area contributed by atoms with E-state index in [-0.39, 0.29) is 185 Å². The Morgan fingerprint density at radius 1 is 0.453 bits per heavy atom. The second-order valence-electron chi connectivity index (χ2n) is 25.4. The fourth-order valence-electron chi connectivity index (χ4n) is 11.4. The van der Waals surface area contributed by atoms with Gasteiger partial charge >= 0.3 is 0 Å². The molecule has 4 fully saturated rings. The molecule has 4 rings (SSSR count). The predicted molar refractivity (Wildman–Crippen MR) is 334 cm³/mol. The third-order valence-corrected chi connectivity index (χ3v) is 17.4. The highest BCUT2D eigenvalue weighted by molar-refractivity contribution is 5.82. The molecule has 17 atom stereocenters. The lowest BCUT2D eigenvalue weighted by atomic mass is 9.82. The summed E-state index contributed by atoms with van der Waals surface area (Å²) in [5.74, 6) is -5.19. The second kappa shape index (κ2) is 43.5.